The van der Waals surface area contributed by atoms with Crippen molar-refractivity contribution in [2.75, 3.05) is 38.5 Å². The number of hydrogen-bond donors (Lipinski definition) is 2. The van der Waals surface area contributed by atoms with E-state index in [0.717, 1.165) is 60.7 Å². The Hall–Kier alpha value is -3.61. The van der Waals surface area contributed by atoms with Gasteiger partial charge in [-0.2, -0.15) is 12.8 Å². The van der Waals surface area contributed by atoms with Crippen molar-refractivity contribution in [3.63, 3.8) is 0 Å². The molecule has 2 aliphatic rings. The number of amides is 2. The van der Waals surface area contributed by atoms with Gasteiger partial charge in [0.2, 0.25) is 0 Å². The van der Waals surface area contributed by atoms with Crippen LogP contribution in [-0.2, 0) is 13.1 Å². The molecule has 1 fully saturated rings. The van der Waals surface area contributed by atoms with Gasteiger partial charge in [0.15, 0.2) is 0 Å². The van der Waals surface area contributed by atoms with Gasteiger partial charge >= 0.3 is 31.1 Å². The Morgan fingerprint density at radius 3 is 2.09 bits per heavy atom. The van der Waals surface area contributed by atoms with Gasteiger partial charge in [-0.05, 0) is 50.0 Å². The fraction of sp³-hybridized carbons (Fsp3) is 0.250. The van der Waals surface area contributed by atoms with Crippen molar-refractivity contribution in [3.05, 3.63) is 126 Å². The van der Waals surface area contributed by atoms with Gasteiger partial charge in [-0.1, -0.05) is 78.6 Å². The van der Waals surface area contributed by atoms with Gasteiger partial charge in [-0.15, -0.1) is 11.8 Å². The number of nitrogens with zero attached hydrogens (tertiary/aromatic N) is 4. The van der Waals surface area contributed by atoms with Crippen molar-refractivity contribution in [2.45, 2.75) is 25.9 Å². The molecule has 0 unspecified atom stereocenters. The smallest absolute Gasteiger partial charge is 0.508 e. The van der Waals surface area contributed by atoms with Crippen molar-refractivity contribution in [1.82, 2.24) is 19.7 Å². The standard InChI is InChI=1S/C23H27N4O2.C13H11N2.U/c1-25(14-15-27-22(28)20-10-3-4-11-21(20)23(27)29)16-18-8-7-9-19(24-18)17-26-12-5-2-6-13-26;14-10-15-13-9-5-4-8-12(13)11-6-2-1-3-7-11;/h2-4,7-11H,5-6,12-17H2,1H3;1-9H,(H2,14,15);/q2*-1;+2. The number of pyridine rings is 1. The first-order chi connectivity index (χ1) is 21.5. The molecule has 228 valence electrons. The van der Waals surface area contributed by atoms with Crippen LogP contribution in [-0.4, -0.2) is 71.1 Å². The molecule has 4 aromatic rings. The van der Waals surface area contributed by atoms with Crippen LogP contribution < -0.4 is 5.32 Å². The fourth-order valence-electron chi connectivity index (χ4n) is 5.49. The molecule has 2 amide bonds. The summed E-state index contributed by atoms with van der Waals surface area (Å²) in [6.07, 6.45) is 6.85. The van der Waals surface area contributed by atoms with E-state index in [-0.39, 0.29) is 42.9 Å². The largest absolute Gasteiger partial charge is 2.00 e. The van der Waals surface area contributed by atoms with Gasteiger partial charge in [0.25, 0.3) is 11.8 Å². The molecule has 0 spiro atoms. The van der Waals surface area contributed by atoms with Crippen molar-refractivity contribution in [2.24, 2.45) is 0 Å². The Morgan fingerprint density at radius 2 is 1.42 bits per heavy atom. The Bertz CT molecular complexity index is 1540. The van der Waals surface area contributed by atoms with Crippen LogP contribution in [0, 0.1) is 42.9 Å². The van der Waals surface area contributed by atoms with E-state index in [4.69, 9.17) is 10.4 Å². The fourth-order valence-corrected chi connectivity index (χ4v) is 5.49. The predicted molar refractivity (Wildman–Crippen MR) is 174 cm³/mol. The monoisotopic (exact) mass is 824 g/mol. The van der Waals surface area contributed by atoms with Crippen LogP contribution in [0.2, 0.25) is 0 Å². The van der Waals surface area contributed by atoms with Gasteiger partial charge in [0.1, 0.15) is 0 Å². The number of imide groups is 1. The number of carbonyl (C=O) groups is 2. The number of benzene rings is 3. The van der Waals surface area contributed by atoms with E-state index in [1.807, 2.05) is 67.7 Å². The van der Waals surface area contributed by atoms with Crippen LogP contribution in [0.15, 0.2) is 97.1 Å². The summed E-state index contributed by atoms with van der Waals surface area (Å²) < 4.78 is 0. The maximum atomic E-state index is 12.5. The van der Waals surface area contributed by atoms with E-state index in [1.54, 1.807) is 24.3 Å². The molecule has 0 bridgehead atoms. The van der Waals surface area contributed by atoms with E-state index < -0.39 is 0 Å². The van der Waals surface area contributed by atoms with Crippen LogP contribution in [0.5, 0.6) is 0 Å². The molecule has 9 heteroatoms. The first-order valence-corrected chi connectivity index (χ1v) is 15.0. The van der Waals surface area contributed by atoms with Crippen LogP contribution >= 0.6 is 0 Å². The summed E-state index contributed by atoms with van der Waals surface area (Å²) in [4.78, 5) is 35.7. The Morgan fingerprint density at radius 1 is 0.822 bits per heavy atom. The minimum absolute atomic E-state index is 0. The van der Waals surface area contributed by atoms with Crippen molar-refractivity contribution >= 4 is 23.8 Å². The molecule has 6 rings (SSSR count). The van der Waals surface area contributed by atoms with Crippen molar-refractivity contribution < 1.29 is 40.7 Å². The molecule has 1 aromatic heterocycles. The molecule has 3 aromatic carbocycles. The third kappa shape index (κ3) is 9.21. The van der Waals surface area contributed by atoms with Gasteiger partial charge in [0.05, 0.1) is 22.5 Å². The second kappa shape index (κ2) is 17.2. The molecule has 0 saturated carbocycles. The maximum Gasteiger partial charge on any atom is 2.00 e. The molecule has 45 heavy (non-hydrogen) atoms. The summed E-state index contributed by atoms with van der Waals surface area (Å²) in [5, 5.41) is 9.73. The Balaban J connectivity index is 0.000000243. The average molecular weight is 825 g/mol. The Kier molecular flexibility index (Phi) is 13.1. The number of likely N-dealkylation sites (N-methyl/N-ethyl adjacent to an activating group) is 1. The number of nitrogens with one attached hydrogen (secondary N) is 2. The van der Waals surface area contributed by atoms with Crippen LogP contribution in [0.25, 0.3) is 11.1 Å². The molecule has 0 aliphatic carbocycles. The van der Waals surface area contributed by atoms with Crippen molar-refractivity contribution in [3.8, 4) is 11.1 Å². The zero-order valence-corrected chi connectivity index (χ0v) is 29.7. The minimum Gasteiger partial charge on any atom is -0.508 e. The summed E-state index contributed by atoms with van der Waals surface area (Å²) in [6.45, 7) is 4.77. The van der Waals surface area contributed by atoms with E-state index in [0.29, 0.717) is 30.8 Å². The number of likely N-dealkylation sites (tertiary alicyclic amines) is 1. The summed E-state index contributed by atoms with van der Waals surface area (Å²) >= 11 is 0. The second-order valence-corrected chi connectivity index (χ2v) is 11.0. The quantitative estimate of drug-likeness (QED) is 0.0686. The molecule has 2 N–H and O–H groups in total. The van der Waals surface area contributed by atoms with Crippen LogP contribution in [0.3, 0.4) is 0 Å². The number of rotatable bonds is 10. The summed E-state index contributed by atoms with van der Waals surface area (Å²) in [5.74, 6) is -0.393. The number of para-hydroxylation sites is 1. The second-order valence-electron chi connectivity index (χ2n) is 11.0. The molecule has 3 heterocycles. The van der Waals surface area contributed by atoms with Crippen molar-refractivity contribution in [1.29, 1.82) is 5.41 Å². The predicted octanol–water partition coefficient (Wildman–Crippen LogP) is 5.86. The summed E-state index contributed by atoms with van der Waals surface area (Å²) in [6, 6.07) is 31.2. The number of piperidine rings is 1. The van der Waals surface area contributed by atoms with E-state index in [9.17, 15) is 9.59 Å². The first kappa shape index (κ1) is 34.3. The molecule has 0 radical (unpaired) electrons. The maximum absolute atomic E-state index is 12.5. The van der Waals surface area contributed by atoms with Gasteiger partial charge < -0.3 is 22.0 Å². The van der Waals surface area contributed by atoms with Gasteiger partial charge in [-0.3, -0.25) is 24.4 Å². The van der Waals surface area contributed by atoms with E-state index in [1.165, 1.54) is 4.90 Å². The average Bonchev–Trinajstić information content (AvgIpc) is 3.30. The summed E-state index contributed by atoms with van der Waals surface area (Å²) in [7, 11) is 1.99. The van der Waals surface area contributed by atoms with E-state index in [2.05, 4.69) is 40.0 Å². The molecule has 2 aliphatic heterocycles. The molecule has 0 atom stereocenters. The first-order valence-electron chi connectivity index (χ1n) is 15.0. The molecule has 1 saturated heterocycles. The SMILES string of the molecule is CN(CCN1C(=O)c2ccccc2C1=O)Cc1cccc(CN2CC[CH-]CC2)n1.N=[C-]Nc1ccccc1-c1ccccc1.[U+2]. The Labute approximate surface area is 289 Å². The molecule has 8 nitrogen and oxygen atoms in total. The minimum atomic E-state index is -0.196. The zero-order valence-electron chi connectivity index (χ0n) is 25.6. The third-order valence-electron chi connectivity index (χ3n) is 7.77. The van der Waals surface area contributed by atoms with Crippen LogP contribution in [0.1, 0.15) is 44.9 Å². The number of aromatic nitrogens is 1. The van der Waals surface area contributed by atoms with E-state index >= 15 is 0 Å². The number of hydrogen-bond acceptors (Lipinski definition) is 6. The zero-order chi connectivity index (χ0) is 30.7. The van der Waals surface area contributed by atoms with Crippen LogP contribution in [0.4, 0.5) is 5.69 Å². The number of carbonyl (C=O) groups excluding carboxylic acids is 2. The van der Waals surface area contributed by atoms with Gasteiger partial charge in [0, 0.05) is 26.2 Å². The topological polar surface area (TPSA) is 92.6 Å². The van der Waals surface area contributed by atoms with Gasteiger partial charge in [-0.25, -0.2) is 0 Å². The molecular formula is C36H38N6O2U. The third-order valence-corrected chi connectivity index (χ3v) is 7.77. The summed E-state index contributed by atoms with van der Waals surface area (Å²) in [5.41, 5.74) is 6.23. The normalized spacial score (nSPS) is 14.3. The number of fused-ring (bicyclic) bond motifs is 1. The molecular weight excluding hydrogens is 786 g/mol. The number of anilines is 1.